The van der Waals surface area contributed by atoms with Gasteiger partial charge in [0.15, 0.2) is 0 Å². The third-order valence-electron chi connectivity index (χ3n) is 3.57. The highest BCUT2D eigenvalue weighted by molar-refractivity contribution is 5.80. The number of rotatable bonds is 3. The summed E-state index contributed by atoms with van der Waals surface area (Å²) in [6, 6.07) is 7.22. The average molecular weight is 249 g/mol. The van der Waals surface area contributed by atoms with Gasteiger partial charge < -0.3 is 15.2 Å². The topological polar surface area (TPSA) is 58.6 Å². The molecule has 4 nitrogen and oxygen atoms in total. The fraction of sp³-hybridized carbons (Fsp3) is 0.500. The predicted molar refractivity (Wildman–Crippen MR) is 68.3 cm³/mol. The van der Waals surface area contributed by atoms with Crippen LogP contribution in [-0.4, -0.2) is 30.3 Å². The molecular formula is C14H19NO3. The molecule has 0 saturated carbocycles. The zero-order chi connectivity index (χ0) is 13.2. The van der Waals surface area contributed by atoms with Crippen LogP contribution in [0.25, 0.3) is 0 Å². The number of carbonyl (C=O) groups is 1. The lowest BCUT2D eigenvalue weighted by Crippen LogP contribution is -2.45. The molecule has 0 aromatic heterocycles. The van der Waals surface area contributed by atoms with Crippen LogP contribution in [-0.2, 0) is 16.0 Å². The Hall–Kier alpha value is -1.55. The first kappa shape index (κ1) is 12.9. The summed E-state index contributed by atoms with van der Waals surface area (Å²) >= 11 is 0. The number of benzene rings is 1. The van der Waals surface area contributed by atoms with Crippen molar-refractivity contribution >= 4 is 5.97 Å². The van der Waals surface area contributed by atoms with Crippen molar-refractivity contribution in [3.05, 3.63) is 29.8 Å². The first-order valence-electron chi connectivity index (χ1n) is 6.15. The Morgan fingerprint density at radius 1 is 1.50 bits per heavy atom. The van der Waals surface area contributed by atoms with Gasteiger partial charge in [0, 0.05) is 0 Å². The first-order chi connectivity index (χ1) is 8.53. The number of methoxy groups -OCH3 is 1. The number of ether oxygens (including phenoxy) is 1. The number of hydrogen-bond acceptors (Lipinski definition) is 4. The monoisotopic (exact) mass is 249 g/mol. The van der Waals surface area contributed by atoms with E-state index in [2.05, 4.69) is 5.32 Å². The van der Waals surface area contributed by atoms with Crippen molar-refractivity contribution in [2.45, 2.75) is 25.3 Å². The second-order valence-electron chi connectivity index (χ2n) is 5.15. The molecule has 0 bridgehead atoms. The highest BCUT2D eigenvalue weighted by Gasteiger charge is 2.41. The molecule has 2 atom stereocenters. The molecule has 1 heterocycles. The average Bonchev–Trinajstić information content (AvgIpc) is 2.74. The van der Waals surface area contributed by atoms with E-state index < -0.39 is 5.54 Å². The summed E-state index contributed by atoms with van der Waals surface area (Å²) in [7, 11) is 1.42. The van der Waals surface area contributed by atoms with Crippen LogP contribution in [0.3, 0.4) is 0 Å². The molecule has 1 aromatic carbocycles. The Labute approximate surface area is 107 Å². The van der Waals surface area contributed by atoms with E-state index in [1.165, 1.54) is 12.7 Å². The van der Waals surface area contributed by atoms with Crippen LogP contribution < -0.4 is 5.32 Å². The van der Waals surface area contributed by atoms with E-state index in [9.17, 15) is 9.90 Å². The van der Waals surface area contributed by atoms with Crippen LogP contribution in [0.2, 0.25) is 0 Å². The molecule has 0 amide bonds. The normalized spacial score (nSPS) is 27.1. The molecule has 1 aliphatic rings. The molecule has 98 valence electrons. The lowest BCUT2D eigenvalue weighted by molar-refractivity contribution is -0.147. The number of esters is 1. The number of carbonyl (C=O) groups excluding carboxylic acids is 1. The molecule has 18 heavy (non-hydrogen) atoms. The third-order valence-corrected chi connectivity index (χ3v) is 3.57. The van der Waals surface area contributed by atoms with Gasteiger partial charge in [-0.05, 0) is 49.9 Å². The molecule has 2 rings (SSSR count). The molecule has 4 heteroatoms. The van der Waals surface area contributed by atoms with E-state index in [0.717, 1.165) is 19.4 Å². The quantitative estimate of drug-likeness (QED) is 0.797. The summed E-state index contributed by atoms with van der Waals surface area (Å²) in [6.07, 6.45) is 1.68. The Bertz CT molecular complexity index is 429. The molecule has 1 aromatic rings. The van der Waals surface area contributed by atoms with Gasteiger partial charge in [-0.2, -0.15) is 0 Å². The standard InChI is InChI=1S/C14H19NO3/c1-14(13(17)18-2)8-11(9-15-14)7-10-3-5-12(16)6-4-10/h3-6,11,15-16H,7-9H2,1-2H3. The molecule has 1 saturated heterocycles. The summed E-state index contributed by atoms with van der Waals surface area (Å²) in [5.41, 5.74) is 0.616. The van der Waals surface area contributed by atoms with Crippen molar-refractivity contribution < 1.29 is 14.6 Å². The van der Waals surface area contributed by atoms with E-state index in [0.29, 0.717) is 5.92 Å². The van der Waals surface area contributed by atoms with E-state index in [1.54, 1.807) is 12.1 Å². The van der Waals surface area contributed by atoms with E-state index in [-0.39, 0.29) is 11.7 Å². The van der Waals surface area contributed by atoms with Crippen molar-refractivity contribution in [2.75, 3.05) is 13.7 Å². The summed E-state index contributed by atoms with van der Waals surface area (Å²) in [5.74, 6) is 0.497. The molecule has 0 aliphatic carbocycles. The minimum absolute atomic E-state index is 0.198. The van der Waals surface area contributed by atoms with Crippen LogP contribution in [0.15, 0.2) is 24.3 Å². The largest absolute Gasteiger partial charge is 0.508 e. The molecule has 1 fully saturated rings. The number of phenolic OH excluding ortho intramolecular Hbond substituents is 1. The lowest BCUT2D eigenvalue weighted by Gasteiger charge is -2.20. The van der Waals surface area contributed by atoms with E-state index in [1.807, 2.05) is 19.1 Å². The van der Waals surface area contributed by atoms with Crippen molar-refractivity contribution in [3.63, 3.8) is 0 Å². The maximum absolute atomic E-state index is 11.7. The van der Waals surface area contributed by atoms with Crippen LogP contribution >= 0.6 is 0 Å². The minimum atomic E-state index is -0.559. The number of aromatic hydroxyl groups is 1. The number of phenols is 1. The fourth-order valence-corrected chi connectivity index (χ4v) is 2.58. The molecule has 2 unspecified atom stereocenters. The molecule has 2 N–H and O–H groups in total. The third kappa shape index (κ3) is 2.64. The highest BCUT2D eigenvalue weighted by Crippen LogP contribution is 2.28. The summed E-state index contributed by atoms with van der Waals surface area (Å²) < 4.78 is 4.82. The van der Waals surface area contributed by atoms with Crippen molar-refractivity contribution in [1.29, 1.82) is 0 Å². The van der Waals surface area contributed by atoms with Gasteiger partial charge in [0.05, 0.1) is 7.11 Å². The van der Waals surface area contributed by atoms with Crippen LogP contribution in [0, 0.1) is 5.92 Å². The van der Waals surface area contributed by atoms with Gasteiger partial charge in [-0.15, -0.1) is 0 Å². The summed E-state index contributed by atoms with van der Waals surface area (Å²) in [5, 5.41) is 12.5. The first-order valence-corrected chi connectivity index (χ1v) is 6.15. The Morgan fingerprint density at radius 2 is 2.17 bits per heavy atom. The van der Waals surface area contributed by atoms with Gasteiger partial charge in [-0.3, -0.25) is 4.79 Å². The van der Waals surface area contributed by atoms with Gasteiger partial charge in [-0.25, -0.2) is 0 Å². The zero-order valence-corrected chi connectivity index (χ0v) is 10.8. The molecular weight excluding hydrogens is 230 g/mol. The van der Waals surface area contributed by atoms with Gasteiger partial charge in [0.2, 0.25) is 0 Å². The smallest absolute Gasteiger partial charge is 0.325 e. The Morgan fingerprint density at radius 3 is 2.78 bits per heavy atom. The fourth-order valence-electron chi connectivity index (χ4n) is 2.58. The Balaban J connectivity index is 1.97. The molecule has 0 spiro atoms. The van der Waals surface area contributed by atoms with Crippen LogP contribution in [0.1, 0.15) is 18.9 Å². The van der Waals surface area contributed by atoms with Gasteiger partial charge in [0.25, 0.3) is 0 Å². The summed E-state index contributed by atoms with van der Waals surface area (Å²) in [6.45, 7) is 2.70. The van der Waals surface area contributed by atoms with Crippen LogP contribution in [0.4, 0.5) is 0 Å². The SMILES string of the molecule is COC(=O)C1(C)CC(Cc2ccc(O)cc2)CN1. The van der Waals surface area contributed by atoms with E-state index >= 15 is 0 Å². The van der Waals surface area contributed by atoms with Crippen molar-refractivity contribution in [1.82, 2.24) is 5.32 Å². The minimum Gasteiger partial charge on any atom is -0.508 e. The molecule has 0 radical (unpaired) electrons. The maximum atomic E-state index is 11.7. The van der Waals surface area contributed by atoms with Gasteiger partial charge in [-0.1, -0.05) is 12.1 Å². The second kappa shape index (κ2) is 4.98. The van der Waals surface area contributed by atoms with Crippen LogP contribution in [0.5, 0.6) is 5.75 Å². The Kier molecular flexibility index (Phi) is 3.57. The van der Waals surface area contributed by atoms with Crippen molar-refractivity contribution in [2.24, 2.45) is 5.92 Å². The number of nitrogens with one attached hydrogen (secondary N) is 1. The lowest BCUT2D eigenvalue weighted by atomic mass is 9.91. The highest BCUT2D eigenvalue weighted by atomic mass is 16.5. The van der Waals surface area contributed by atoms with Crippen molar-refractivity contribution in [3.8, 4) is 5.75 Å². The zero-order valence-electron chi connectivity index (χ0n) is 10.8. The van der Waals surface area contributed by atoms with Gasteiger partial charge in [0.1, 0.15) is 11.3 Å². The van der Waals surface area contributed by atoms with Gasteiger partial charge >= 0.3 is 5.97 Å². The summed E-state index contributed by atoms with van der Waals surface area (Å²) in [4.78, 5) is 11.7. The second-order valence-corrected chi connectivity index (χ2v) is 5.15. The molecule has 1 aliphatic heterocycles. The van der Waals surface area contributed by atoms with E-state index in [4.69, 9.17) is 4.74 Å². The predicted octanol–water partition coefficient (Wildman–Crippen LogP) is 1.48. The number of hydrogen-bond donors (Lipinski definition) is 2. The maximum Gasteiger partial charge on any atom is 0.325 e.